The maximum absolute atomic E-state index is 9.92. The minimum atomic E-state index is 0.336. The SMILES string of the molecule is COc1ccc(CNc2ccc(C)c(O)c2C)cc1Cl. The Bertz CT molecular complexity index is 626. The molecule has 0 aliphatic rings. The molecule has 0 bridgehead atoms. The number of halogens is 1. The highest BCUT2D eigenvalue weighted by Gasteiger charge is 2.06. The number of hydrogen-bond donors (Lipinski definition) is 2. The van der Waals surface area contributed by atoms with Gasteiger partial charge >= 0.3 is 0 Å². The van der Waals surface area contributed by atoms with Gasteiger partial charge in [0, 0.05) is 17.8 Å². The monoisotopic (exact) mass is 291 g/mol. The van der Waals surface area contributed by atoms with Gasteiger partial charge in [0.2, 0.25) is 0 Å². The standard InChI is InChI=1S/C16H18ClNO2/c1-10-4-6-14(11(2)16(10)19)18-9-12-5-7-15(20-3)13(17)8-12/h4-8,18-19H,9H2,1-3H3. The number of ether oxygens (including phenoxy) is 1. The first-order valence-corrected chi connectivity index (χ1v) is 6.76. The second-order valence-corrected chi connectivity index (χ2v) is 5.13. The number of aromatic hydroxyl groups is 1. The summed E-state index contributed by atoms with van der Waals surface area (Å²) in [7, 11) is 1.59. The summed E-state index contributed by atoms with van der Waals surface area (Å²) in [5.74, 6) is 1.00. The topological polar surface area (TPSA) is 41.5 Å². The van der Waals surface area contributed by atoms with E-state index >= 15 is 0 Å². The Balaban J connectivity index is 2.13. The zero-order valence-electron chi connectivity index (χ0n) is 11.8. The summed E-state index contributed by atoms with van der Waals surface area (Å²) in [6.07, 6.45) is 0. The molecule has 0 aromatic heterocycles. The highest BCUT2D eigenvalue weighted by molar-refractivity contribution is 6.32. The van der Waals surface area contributed by atoms with Crippen LogP contribution in [0.1, 0.15) is 16.7 Å². The molecule has 0 heterocycles. The quantitative estimate of drug-likeness (QED) is 0.883. The van der Waals surface area contributed by atoms with E-state index in [0.29, 0.717) is 23.1 Å². The lowest BCUT2D eigenvalue weighted by molar-refractivity contribution is 0.415. The Morgan fingerprint density at radius 1 is 1.20 bits per heavy atom. The van der Waals surface area contributed by atoms with Gasteiger partial charge in [-0.2, -0.15) is 0 Å². The lowest BCUT2D eigenvalue weighted by Crippen LogP contribution is -2.01. The van der Waals surface area contributed by atoms with E-state index < -0.39 is 0 Å². The van der Waals surface area contributed by atoms with E-state index in [2.05, 4.69) is 5.32 Å². The van der Waals surface area contributed by atoms with Crippen molar-refractivity contribution in [1.29, 1.82) is 0 Å². The van der Waals surface area contributed by atoms with Crippen LogP contribution in [0.15, 0.2) is 30.3 Å². The summed E-state index contributed by atoms with van der Waals surface area (Å²) in [5, 5.41) is 13.8. The predicted octanol–water partition coefficient (Wildman–Crippen LogP) is 4.28. The summed E-state index contributed by atoms with van der Waals surface area (Å²) in [6.45, 7) is 4.41. The van der Waals surface area contributed by atoms with E-state index in [4.69, 9.17) is 16.3 Å². The number of rotatable bonds is 4. The molecule has 0 saturated carbocycles. The Kier molecular flexibility index (Phi) is 4.40. The molecule has 0 atom stereocenters. The van der Waals surface area contributed by atoms with Crippen LogP contribution < -0.4 is 10.1 Å². The van der Waals surface area contributed by atoms with E-state index in [1.165, 1.54) is 0 Å². The number of phenolic OH excluding ortho intramolecular Hbond substituents is 1. The fourth-order valence-electron chi connectivity index (χ4n) is 2.04. The molecule has 0 aliphatic heterocycles. The van der Waals surface area contributed by atoms with Crippen molar-refractivity contribution < 1.29 is 9.84 Å². The number of hydrogen-bond acceptors (Lipinski definition) is 3. The number of aryl methyl sites for hydroxylation is 1. The van der Waals surface area contributed by atoms with E-state index in [9.17, 15) is 5.11 Å². The van der Waals surface area contributed by atoms with E-state index in [0.717, 1.165) is 22.4 Å². The molecule has 2 aromatic rings. The third kappa shape index (κ3) is 2.99. The fourth-order valence-corrected chi connectivity index (χ4v) is 2.32. The van der Waals surface area contributed by atoms with Crippen molar-refractivity contribution in [2.45, 2.75) is 20.4 Å². The first kappa shape index (κ1) is 14.5. The number of benzene rings is 2. The normalized spacial score (nSPS) is 10.4. The largest absolute Gasteiger partial charge is 0.507 e. The van der Waals surface area contributed by atoms with Gasteiger partial charge in [0.05, 0.1) is 12.1 Å². The van der Waals surface area contributed by atoms with Crippen LogP contribution in [0.3, 0.4) is 0 Å². The Morgan fingerprint density at radius 3 is 2.60 bits per heavy atom. The third-order valence-corrected chi connectivity index (χ3v) is 3.63. The number of phenols is 1. The van der Waals surface area contributed by atoms with Crippen molar-refractivity contribution in [3.63, 3.8) is 0 Å². The van der Waals surface area contributed by atoms with Crippen LogP contribution in [-0.2, 0) is 6.54 Å². The van der Waals surface area contributed by atoms with E-state index in [1.807, 2.05) is 44.2 Å². The summed E-state index contributed by atoms with van der Waals surface area (Å²) >= 11 is 6.10. The van der Waals surface area contributed by atoms with Crippen LogP contribution in [-0.4, -0.2) is 12.2 Å². The van der Waals surface area contributed by atoms with Crippen molar-refractivity contribution in [2.75, 3.05) is 12.4 Å². The van der Waals surface area contributed by atoms with Crippen molar-refractivity contribution in [2.24, 2.45) is 0 Å². The van der Waals surface area contributed by atoms with Gasteiger partial charge in [0.25, 0.3) is 0 Å². The molecule has 20 heavy (non-hydrogen) atoms. The third-order valence-electron chi connectivity index (χ3n) is 3.33. The number of methoxy groups -OCH3 is 1. The van der Waals surface area contributed by atoms with Crippen LogP contribution in [0.2, 0.25) is 5.02 Å². The Labute approximate surface area is 124 Å². The van der Waals surface area contributed by atoms with Crippen molar-refractivity contribution in [3.8, 4) is 11.5 Å². The summed E-state index contributed by atoms with van der Waals surface area (Å²) in [4.78, 5) is 0. The molecule has 0 saturated heterocycles. The fraction of sp³-hybridized carbons (Fsp3) is 0.250. The van der Waals surface area contributed by atoms with Crippen LogP contribution in [0.4, 0.5) is 5.69 Å². The highest BCUT2D eigenvalue weighted by Crippen LogP contribution is 2.29. The van der Waals surface area contributed by atoms with E-state index in [1.54, 1.807) is 7.11 Å². The second kappa shape index (κ2) is 6.06. The van der Waals surface area contributed by atoms with Crippen molar-refractivity contribution >= 4 is 17.3 Å². The van der Waals surface area contributed by atoms with Crippen molar-refractivity contribution in [3.05, 3.63) is 52.0 Å². The molecule has 106 valence electrons. The van der Waals surface area contributed by atoms with Crippen LogP contribution in [0.5, 0.6) is 11.5 Å². The Hall–Kier alpha value is -1.87. The van der Waals surface area contributed by atoms with E-state index in [-0.39, 0.29) is 0 Å². The van der Waals surface area contributed by atoms with Crippen molar-refractivity contribution in [1.82, 2.24) is 0 Å². The van der Waals surface area contributed by atoms with Crippen LogP contribution in [0, 0.1) is 13.8 Å². The molecule has 3 nitrogen and oxygen atoms in total. The molecule has 0 spiro atoms. The minimum absolute atomic E-state index is 0.336. The predicted molar refractivity (Wildman–Crippen MR) is 82.9 cm³/mol. The molecule has 0 fully saturated rings. The van der Waals surface area contributed by atoms with Crippen LogP contribution in [0.25, 0.3) is 0 Å². The molecule has 2 rings (SSSR count). The summed E-state index contributed by atoms with van der Waals surface area (Å²) < 4.78 is 5.13. The first-order chi connectivity index (χ1) is 9.52. The van der Waals surface area contributed by atoms with Gasteiger partial charge in [-0.25, -0.2) is 0 Å². The highest BCUT2D eigenvalue weighted by atomic mass is 35.5. The average Bonchev–Trinajstić information content (AvgIpc) is 2.44. The molecular formula is C16H18ClNO2. The summed E-state index contributed by atoms with van der Waals surface area (Å²) in [5.41, 5.74) is 3.69. The van der Waals surface area contributed by atoms with Gasteiger partial charge in [-0.05, 0) is 43.2 Å². The molecule has 2 aromatic carbocycles. The Morgan fingerprint density at radius 2 is 1.95 bits per heavy atom. The number of anilines is 1. The van der Waals surface area contributed by atoms with Gasteiger partial charge in [0.15, 0.2) is 0 Å². The molecule has 0 amide bonds. The maximum Gasteiger partial charge on any atom is 0.137 e. The maximum atomic E-state index is 9.92. The molecule has 4 heteroatoms. The van der Waals surface area contributed by atoms with Gasteiger partial charge in [-0.15, -0.1) is 0 Å². The zero-order chi connectivity index (χ0) is 14.7. The smallest absolute Gasteiger partial charge is 0.137 e. The molecule has 2 N–H and O–H groups in total. The molecule has 0 aliphatic carbocycles. The zero-order valence-corrected chi connectivity index (χ0v) is 12.6. The van der Waals surface area contributed by atoms with Gasteiger partial charge in [0.1, 0.15) is 11.5 Å². The minimum Gasteiger partial charge on any atom is -0.507 e. The summed E-state index contributed by atoms with van der Waals surface area (Å²) in [6, 6.07) is 9.54. The van der Waals surface area contributed by atoms with Gasteiger partial charge in [-0.1, -0.05) is 23.7 Å². The molecule has 0 radical (unpaired) electrons. The second-order valence-electron chi connectivity index (χ2n) is 4.73. The van der Waals surface area contributed by atoms with Gasteiger partial charge in [-0.3, -0.25) is 0 Å². The first-order valence-electron chi connectivity index (χ1n) is 6.38. The van der Waals surface area contributed by atoms with Crippen LogP contribution >= 0.6 is 11.6 Å². The molecule has 0 unspecified atom stereocenters. The average molecular weight is 292 g/mol. The lowest BCUT2D eigenvalue weighted by Gasteiger charge is -2.13. The number of nitrogens with one attached hydrogen (secondary N) is 1. The lowest BCUT2D eigenvalue weighted by atomic mass is 10.1. The van der Waals surface area contributed by atoms with Gasteiger partial charge < -0.3 is 15.2 Å². The molecular weight excluding hydrogens is 274 g/mol.